The summed E-state index contributed by atoms with van der Waals surface area (Å²) < 4.78 is 0. The minimum absolute atomic E-state index is 0.0868. The van der Waals surface area contributed by atoms with Crippen LogP contribution in [0.1, 0.15) is 37.0 Å². The normalized spacial score (nSPS) is 17.3. The summed E-state index contributed by atoms with van der Waals surface area (Å²) in [5.74, 6) is -1.40. The Morgan fingerprint density at radius 2 is 2.13 bits per heavy atom. The molecule has 0 aliphatic carbocycles. The van der Waals surface area contributed by atoms with Gasteiger partial charge in [0.15, 0.2) is 0 Å². The maximum Gasteiger partial charge on any atom is 0.326 e. The number of hydrogen-bond acceptors (Lipinski definition) is 5. The third-order valence-corrected chi connectivity index (χ3v) is 3.70. The van der Waals surface area contributed by atoms with Crippen molar-refractivity contribution < 1.29 is 19.6 Å². The molecule has 0 saturated carbocycles. The molecule has 2 N–H and O–H groups in total. The molecule has 0 spiro atoms. The van der Waals surface area contributed by atoms with Gasteiger partial charge in [-0.2, -0.15) is 0 Å². The maximum atomic E-state index is 12.0. The Kier molecular flexibility index (Phi) is 4.83. The van der Waals surface area contributed by atoms with E-state index in [4.69, 9.17) is 0 Å². The van der Waals surface area contributed by atoms with E-state index in [1.54, 1.807) is 13.8 Å². The Morgan fingerprint density at radius 3 is 2.70 bits per heavy atom. The molecule has 0 aromatic heterocycles. The van der Waals surface area contributed by atoms with Crippen LogP contribution in [0.15, 0.2) is 18.2 Å². The molecule has 0 unspecified atom stereocenters. The van der Waals surface area contributed by atoms with Crippen molar-refractivity contribution in [2.45, 2.75) is 38.8 Å². The molecule has 1 fully saturated rings. The Hall–Kier alpha value is -2.64. The Balaban J connectivity index is 2.39. The number of benzene rings is 1. The van der Waals surface area contributed by atoms with Crippen LogP contribution in [0.4, 0.5) is 11.4 Å². The molecule has 0 bridgehead atoms. The number of rotatable bonds is 5. The van der Waals surface area contributed by atoms with Crippen molar-refractivity contribution in [3.05, 3.63) is 33.9 Å². The lowest BCUT2D eigenvalue weighted by molar-refractivity contribution is -0.384. The number of anilines is 1. The molecule has 1 aliphatic heterocycles. The molecule has 1 heterocycles. The van der Waals surface area contributed by atoms with E-state index in [1.807, 2.05) is 0 Å². The largest absolute Gasteiger partial charge is 0.480 e. The zero-order chi connectivity index (χ0) is 17.1. The molecule has 1 aliphatic rings. The van der Waals surface area contributed by atoms with Gasteiger partial charge < -0.3 is 15.3 Å². The second kappa shape index (κ2) is 6.64. The smallest absolute Gasteiger partial charge is 0.326 e. The molecule has 1 amide bonds. The van der Waals surface area contributed by atoms with Crippen LogP contribution >= 0.6 is 0 Å². The molecule has 8 nitrogen and oxygen atoms in total. The third kappa shape index (κ3) is 3.58. The summed E-state index contributed by atoms with van der Waals surface area (Å²) in [6.45, 7) is 4.03. The lowest BCUT2D eigenvalue weighted by Crippen LogP contribution is -2.36. The second-order valence-electron chi connectivity index (χ2n) is 5.78. The van der Waals surface area contributed by atoms with Gasteiger partial charge in [0, 0.05) is 24.2 Å². The third-order valence-electron chi connectivity index (χ3n) is 3.70. The van der Waals surface area contributed by atoms with Gasteiger partial charge in [-0.15, -0.1) is 0 Å². The van der Waals surface area contributed by atoms with Crippen molar-refractivity contribution in [2.24, 2.45) is 0 Å². The fourth-order valence-corrected chi connectivity index (χ4v) is 2.71. The van der Waals surface area contributed by atoms with Gasteiger partial charge in [0.25, 0.3) is 11.6 Å². The van der Waals surface area contributed by atoms with Crippen LogP contribution < -0.4 is 10.2 Å². The van der Waals surface area contributed by atoms with Crippen LogP contribution in [0.25, 0.3) is 0 Å². The zero-order valence-corrected chi connectivity index (χ0v) is 13.0. The Bertz CT molecular complexity index is 644. The summed E-state index contributed by atoms with van der Waals surface area (Å²) in [6.07, 6.45) is 1.10. The summed E-state index contributed by atoms with van der Waals surface area (Å²) in [7, 11) is 0. The van der Waals surface area contributed by atoms with Gasteiger partial charge in [-0.1, -0.05) is 0 Å². The van der Waals surface area contributed by atoms with Crippen molar-refractivity contribution in [3.63, 3.8) is 0 Å². The zero-order valence-electron chi connectivity index (χ0n) is 13.0. The van der Waals surface area contributed by atoms with Crippen LogP contribution in [0.3, 0.4) is 0 Å². The van der Waals surface area contributed by atoms with E-state index < -0.39 is 22.8 Å². The first-order chi connectivity index (χ1) is 10.8. The SMILES string of the molecule is CC(C)NC(=O)c1ccc(N2CCC[C@@H]2C(=O)O)c([N+](=O)[O-])c1. The number of aliphatic carboxylic acids is 1. The number of amides is 1. The van der Waals surface area contributed by atoms with Crippen molar-refractivity contribution in [1.29, 1.82) is 0 Å². The molecule has 1 atom stereocenters. The van der Waals surface area contributed by atoms with Gasteiger partial charge in [-0.05, 0) is 38.8 Å². The van der Waals surface area contributed by atoms with Gasteiger partial charge in [0.05, 0.1) is 4.92 Å². The fraction of sp³-hybridized carbons (Fsp3) is 0.467. The highest BCUT2D eigenvalue weighted by Gasteiger charge is 2.34. The minimum atomic E-state index is -1.00. The number of carbonyl (C=O) groups excluding carboxylic acids is 1. The van der Waals surface area contributed by atoms with Crippen molar-refractivity contribution >= 4 is 23.3 Å². The summed E-state index contributed by atoms with van der Waals surface area (Å²) in [6, 6.07) is 3.27. The predicted molar refractivity (Wildman–Crippen MR) is 83.7 cm³/mol. The average molecular weight is 321 g/mol. The van der Waals surface area contributed by atoms with E-state index in [-0.39, 0.29) is 23.0 Å². The Morgan fingerprint density at radius 1 is 1.43 bits per heavy atom. The van der Waals surface area contributed by atoms with Gasteiger partial charge >= 0.3 is 5.97 Å². The molecule has 1 saturated heterocycles. The lowest BCUT2D eigenvalue weighted by Gasteiger charge is -2.23. The first kappa shape index (κ1) is 16.7. The number of hydrogen-bond donors (Lipinski definition) is 2. The number of carboxylic acids is 1. The lowest BCUT2D eigenvalue weighted by atomic mass is 10.1. The monoisotopic (exact) mass is 321 g/mol. The highest BCUT2D eigenvalue weighted by molar-refractivity contribution is 5.96. The van der Waals surface area contributed by atoms with Crippen LogP contribution in [0, 0.1) is 10.1 Å². The van der Waals surface area contributed by atoms with Crippen LogP contribution in [-0.2, 0) is 4.79 Å². The first-order valence-electron chi connectivity index (χ1n) is 7.40. The topological polar surface area (TPSA) is 113 Å². The van der Waals surface area contributed by atoms with Crippen molar-refractivity contribution in [3.8, 4) is 0 Å². The number of carbonyl (C=O) groups is 2. The van der Waals surface area contributed by atoms with E-state index in [0.29, 0.717) is 19.4 Å². The molecular formula is C15H19N3O5. The number of nitrogens with zero attached hydrogens (tertiary/aromatic N) is 2. The molecule has 124 valence electrons. The molecular weight excluding hydrogens is 302 g/mol. The highest BCUT2D eigenvalue weighted by atomic mass is 16.6. The summed E-state index contributed by atoms with van der Waals surface area (Å²) in [4.78, 5) is 35.6. The van der Waals surface area contributed by atoms with E-state index in [2.05, 4.69) is 5.32 Å². The number of carboxylic acid groups (broad SMARTS) is 1. The Labute approximate surface area is 133 Å². The summed E-state index contributed by atoms with van der Waals surface area (Å²) >= 11 is 0. The van der Waals surface area contributed by atoms with Gasteiger partial charge in [-0.25, -0.2) is 4.79 Å². The van der Waals surface area contributed by atoms with Crippen LogP contribution in [-0.4, -0.2) is 40.5 Å². The van der Waals surface area contributed by atoms with E-state index in [0.717, 1.165) is 0 Å². The first-order valence-corrected chi connectivity index (χ1v) is 7.40. The van der Waals surface area contributed by atoms with Crippen LogP contribution in [0.5, 0.6) is 0 Å². The quantitative estimate of drug-likeness (QED) is 0.631. The molecule has 8 heteroatoms. The second-order valence-corrected chi connectivity index (χ2v) is 5.78. The van der Waals surface area contributed by atoms with E-state index in [1.165, 1.54) is 23.1 Å². The fourth-order valence-electron chi connectivity index (χ4n) is 2.71. The van der Waals surface area contributed by atoms with E-state index >= 15 is 0 Å². The standard InChI is InChI=1S/C15H19N3O5/c1-9(2)16-14(19)10-5-6-11(13(8-10)18(22)23)17-7-3-4-12(17)15(20)21/h5-6,8-9,12H,3-4,7H2,1-2H3,(H,16,19)(H,20,21)/t12-/m1/s1. The van der Waals surface area contributed by atoms with Gasteiger partial charge in [0.1, 0.15) is 11.7 Å². The van der Waals surface area contributed by atoms with Crippen molar-refractivity contribution in [1.82, 2.24) is 5.32 Å². The van der Waals surface area contributed by atoms with Crippen molar-refractivity contribution in [2.75, 3.05) is 11.4 Å². The molecule has 1 aromatic rings. The summed E-state index contributed by atoms with van der Waals surface area (Å²) in [5, 5.41) is 23.3. The number of nitrogens with one attached hydrogen (secondary N) is 1. The van der Waals surface area contributed by atoms with E-state index in [9.17, 15) is 24.8 Å². The molecule has 23 heavy (non-hydrogen) atoms. The van der Waals surface area contributed by atoms with Gasteiger partial charge in [-0.3, -0.25) is 14.9 Å². The van der Waals surface area contributed by atoms with Gasteiger partial charge in [0.2, 0.25) is 0 Å². The highest BCUT2D eigenvalue weighted by Crippen LogP contribution is 2.34. The maximum absolute atomic E-state index is 12.0. The molecule has 1 aromatic carbocycles. The molecule has 2 rings (SSSR count). The minimum Gasteiger partial charge on any atom is -0.480 e. The average Bonchev–Trinajstić information content (AvgIpc) is 2.95. The summed E-state index contributed by atoms with van der Waals surface area (Å²) in [5.41, 5.74) is 0.163. The predicted octanol–water partition coefficient (Wildman–Crippen LogP) is 1.79. The van der Waals surface area contributed by atoms with Crippen LogP contribution in [0.2, 0.25) is 0 Å². The number of nitro benzene ring substituents is 1. The number of nitro groups is 1. The molecule has 0 radical (unpaired) electrons.